The van der Waals surface area contributed by atoms with Gasteiger partial charge < -0.3 is 0 Å². The summed E-state index contributed by atoms with van der Waals surface area (Å²) in [5, 5.41) is 7.60. The third kappa shape index (κ3) is 1.43. The maximum Gasteiger partial charge on any atom is 0.240 e. The van der Waals surface area contributed by atoms with Gasteiger partial charge >= 0.3 is 0 Å². The summed E-state index contributed by atoms with van der Waals surface area (Å²) in [7, 11) is -3.66. The predicted molar refractivity (Wildman–Crippen MR) is 51.0 cm³/mol. The highest BCUT2D eigenvalue weighted by Crippen LogP contribution is 2.21. The molecule has 0 aliphatic rings. The lowest BCUT2D eigenvalue weighted by molar-refractivity contribution is 0.598. The van der Waals surface area contributed by atoms with Crippen LogP contribution in [0.5, 0.6) is 0 Å². The zero-order valence-corrected chi connectivity index (χ0v) is 8.10. The summed E-state index contributed by atoms with van der Waals surface area (Å²) >= 11 is 1.21. The van der Waals surface area contributed by atoms with Crippen LogP contribution in [0.25, 0.3) is 10.9 Å². The number of sulfonamides is 1. The van der Waals surface area contributed by atoms with Crippen LogP contribution in [0.1, 0.15) is 0 Å². The normalized spacial score (nSPS) is 12.1. The second-order valence-corrected chi connectivity index (χ2v) is 4.71. The quantitative estimate of drug-likeness (QED) is 0.767. The number of fused-ring (bicyclic) bond motifs is 1. The van der Waals surface area contributed by atoms with Crippen LogP contribution in [-0.2, 0) is 10.0 Å². The van der Waals surface area contributed by atoms with Crippen LogP contribution in [0, 0.1) is 0 Å². The molecule has 2 N–H and O–H groups in total. The van der Waals surface area contributed by atoms with Crippen molar-refractivity contribution in [1.82, 2.24) is 4.37 Å². The number of aromatic nitrogens is 1. The molecule has 0 spiro atoms. The fourth-order valence-electron chi connectivity index (χ4n) is 1.10. The van der Waals surface area contributed by atoms with E-state index in [1.165, 1.54) is 17.6 Å². The zero-order chi connectivity index (χ0) is 9.47. The first kappa shape index (κ1) is 8.61. The average molecular weight is 214 g/mol. The Morgan fingerprint density at radius 3 is 2.85 bits per heavy atom. The van der Waals surface area contributed by atoms with Crippen molar-refractivity contribution in [3.63, 3.8) is 0 Å². The third-order valence-corrected chi connectivity index (χ3v) is 3.25. The van der Waals surface area contributed by atoms with Crippen molar-refractivity contribution in [2.75, 3.05) is 0 Å². The van der Waals surface area contributed by atoms with Crippen LogP contribution >= 0.6 is 11.5 Å². The lowest BCUT2D eigenvalue weighted by Gasteiger charge is -1.97. The Bertz CT molecular complexity index is 544. The van der Waals surface area contributed by atoms with Crippen molar-refractivity contribution >= 4 is 32.5 Å². The molecular formula is C7H6N2O2S2. The molecule has 6 heteroatoms. The summed E-state index contributed by atoms with van der Waals surface area (Å²) in [6, 6.07) is 4.90. The van der Waals surface area contributed by atoms with Gasteiger partial charge in [-0.05, 0) is 17.6 Å². The zero-order valence-electron chi connectivity index (χ0n) is 6.47. The molecule has 0 unspecified atom stereocenters. The summed E-state index contributed by atoms with van der Waals surface area (Å²) in [6.45, 7) is 0. The molecule has 0 atom stereocenters. The molecule has 0 fully saturated rings. The first-order chi connectivity index (χ1) is 6.09. The van der Waals surface area contributed by atoms with Crippen LogP contribution < -0.4 is 5.14 Å². The Labute approximate surface area is 79.2 Å². The molecule has 0 saturated carbocycles. The molecular weight excluding hydrogens is 208 g/mol. The van der Waals surface area contributed by atoms with Gasteiger partial charge in [-0.3, -0.25) is 0 Å². The number of hydrogen-bond donors (Lipinski definition) is 1. The predicted octanol–water partition coefficient (Wildman–Crippen LogP) is 0.944. The van der Waals surface area contributed by atoms with Crippen LogP contribution in [0.2, 0.25) is 0 Å². The fourth-order valence-corrected chi connectivity index (χ4v) is 2.52. The number of nitrogens with zero attached hydrogens (tertiary/aromatic N) is 1. The standard InChI is InChI=1S/C7H6N2O2S2/c8-13(10,11)6-3-1-2-5-4-12-9-7(5)6/h1-4H,(H2,8,10,11). The molecule has 1 aromatic heterocycles. The summed E-state index contributed by atoms with van der Waals surface area (Å²) in [4.78, 5) is 0.0891. The lowest BCUT2D eigenvalue weighted by atomic mass is 10.3. The minimum atomic E-state index is -3.66. The van der Waals surface area contributed by atoms with Gasteiger partial charge in [0.15, 0.2) is 0 Å². The highest BCUT2D eigenvalue weighted by molar-refractivity contribution is 7.89. The van der Waals surface area contributed by atoms with E-state index in [4.69, 9.17) is 5.14 Å². The molecule has 68 valence electrons. The maximum atomic E-state index is 11.1. The molecule has 4 nitrogen and oxygen atoms in total. The molecule has 1 heterocycles. The van der Waals surface area contributed by atoms with Gasteiger partial charge in [0.1, 0.15) is 10.4 Å². The summed E-state index contributed by atoms with van der Waals surface area (Å²) in [5.41, 5.74) is 0.454. The van der Waals surface area contributed by atoms with E-state index < -0.39 is 10.0 Å². The minimum absolute atomic E-state index is 0.0891. The second-order valence-electron chi connectivity index (χ2n) is 2.55. The van der Waals surface area contributed by atoms with Crippen LogP contribution in [-0.4, -0.2) is 12.8 Å². The SMILES string of the molecule is NS(=O)(=O)c1cccc2csnc12. The number of primary sulfonamides is 1. The highest BCUT2D eigenvalue weighted by Gasteiger charge is 2.13. The first-order valence-corrected chi connectivity index (χ1v) is 5.83. The van der Waals surface area contributed by atoms with Crippen molar-refractivity contribution in [3.8, 4) is 0 Å². The van der Waals surface area contributed by atoms with Gasteiger partial charge in [0.25, 0.3) is 0 Å². The van der Waals surface area contributed by atoms with E-state index in [9.17, 15) is 8.42 Å². The van der Waals surface area contributed by atoms with Crippen molar-refractivity contribution in [3.05, 3.63) is 23.6 Å². The fraction of sp³-hybridized carbons (Fsp3) is 0. The largest absolute Gasteiger partial charge is 0.240 e. The number of nitrogens with two attached hydrogens (primary N) is 1. The van der Waals surface area contributed by atoms with Crippen LogP contribution in [0.4, 0.5) is 0 Å². The molecule has 0 aliphatic heterocycles. The molecule has 2 aromatic rings. The second kappa shape index (κ2) is 2.76. The topological polar surface area (TPSA) is 73.1 Å². The van der Waals surface area contributed by atoms with Gasteiger partial charge in [-0.2, -0.15) is 4.37 Å². The van der Waals surface area contributed by atoms with Gasteiger partial charge in [-0.25, -0.2) is 13.6 Å². The van der Waals surface area contributed by atoms with E-state index >= 15 is 0 Å². The van der Waals surface area contributed by atoms with E-state index in [0.29, 0.717) is 5.52 Å². The summed E-state index contributed by atoms with van der Waals surface area (Å²) < 4.78 is 26.1. The van der Waals surface area contributed by atoms with Gasteiger partial charge in [0, 0.05) is 10.8 Å². The Kier molecular flexibility index (Phi) is 1.83. The van der Waals surface area contributed by atoms with Crippen molar-refractivity contribution in [1.29, 1.82) is 0 Å². The van der Waals surface area contributed by atoms with Crippen molar-refractivity contribution < 1.29 is 8.42 Å². The smallest absolute Gasteiger partial charge is 0.225 e. The summed E-state index contributed by atoms with van der Waals surface area (Å²) in [6.07, 6.45) is 0. The van der Waals surface area contributed by atoms with E-state index in [-0.39, 0.29) is 4.90 Å². The Balaban J connectivity index is 2.91. The Morgan fingerprint density at radius 2 is 2.15 bits per heavy atom. The van der Waals surface area contributed by atoms with E-state index in [1.54, 1.807) is 17.5 Å². The maximum absolute atomic E-state index is 11.1. The van der Waals surface area contributed by atoms with Crippen LogP contribution in [0.3, 0.4) is 0 Å². The van der Waals surface area contributed by atoms with Crippen molar-refractivity contribution in [2.24, 2.45) is 5.14 Å². The Hall–Kier alpha value is -0.980. The molecule has 0 aliphatic carbocycles. The van der Waals surface area contributed by atoms with Gasteiger partial charge in [0.2, 0.25) is 10.0 Å². The lowest BCUT2D eigenvalue weighted by Crippen LogP contribution is -2.12. The Morgan fingerprint density at radius 1 is 1.38 bits per heavy atom. The summed E-state index contributed by atoms with van der Waals surface area (Å²) in [5.74, 6) is 0. The molecule has 2 rings (SSSR count). The molecule has 0 radical (unpaired) electrons. The van der Waals surface area contributed by atoms with Gasteiger partial charge in [0.05, 0.1) is 0 Å². The van der Waals surface area contributed by atoms with Gasteiger partial charge in [-0.1, -0.05) is 12.1 Å². The molecule has 0 saturated heterocycles. The van der Waals surface area contributed by atoms with E-state index in [2.05, 4.69) is 4.37 Å². The van der Waals surface area contributed by atoms with E-state index in [1.807, 2.05) is 0 Å². The number of rotatable bonds is 1. The monoisotopic (exact) mass is 214 g/mol. The molecule has 0 amide bonds. The molecule has 13 heavy (non-hydrogen) atoms. The third-order valence-electron chi connectivity index (χ3n) is 1.66. The molecule has 0 bridgehead atoms. The number of hydrogen-bond acceptors (Lipinski definition) is 4. The van der Waals surface area contributed by atoms with Crippen LogP contribution in [0.15, 0.2) is 28.5 Å². The average Bonchev–Trinajstić information content (AvgIpc) is 2.48. The van der Waals surface area contributed by atoms with Gasteiger partial charge in [-0.15, -0.1) is 0 Å². The molecule has 1 aromatic carbocycles. The first-order valence-electron chi connectivity index (χ1n) is 3.45. The number of benzene rings is 1. The van der Waals surface area contributed by atoms with E-state index in [0.717, 1.165) is 5.39 Å². The minimum Gasteiger partial charge on any atom is -0.225 e. The van der Waals surface area contributed by atoms with Crippen molar-refractivity contribution in [2.45, 2.75) is 4.90 Å². The highest BCUT2D eigenvalue weighted by atomic mass is 32.2.